The molecule has 1 aliphatic rings. The zero-order chi connectivity index (χ0) is 11.7. The van der Waals surface area contributed by atoms with Crippen molar-refractivity contribution in [2.45, 2.75) is 18.9 Å². The van der Waals surface area contributed by atoms with Crippen molar-refractivity contribution in [2.75, 3.05) is 0 Å². The molecule has 16 heavy (non-hydrogen) atoms. The number of hydrogen-bond acceptors (Lipinski definition) is 3. The number of carbonyl (C=O) groups excluding carboxylic acids is 1. The molecule has 0 bridgehead atoms. The number of rotatable bonds is 1. The van der Waals surface area contributed by atoms with Crippen LogP contribution in [-0.2, 0) is 17.6 Å². The van der Waals surface area contributed by atoms with Gasteiger partial charge in [0.05, 0.1) is 11.6 Å². The van der Waals surface area contributed by atoms with Crippen molar-refractivity contribution >= 4 is 17.7 Å². The summed E-state index contributed by atoms with van der Waals surface area (Å²) < 4.78 is 4.92. The highest BCUT2D eigenvalue weighted by atomic mass is 35.5. The van der Waals surface area contributed by atoms with Gasteiger partial charge in [0.25, 0.3) is 0 Å². The van der Waals surface area contributed by atoms with E-state index < -0.39 is 6.09 Å². The molecule has 0 fully saturated rings. The number of hydrogen-bond donors (Lipinski definition) is 1. The number of nitriles is 1. The second-order valence-corrected chi connectivity index (χ2v) is 4.11. The van der Waals surface area contributed by atoms with Gasteiger partial charge in [0.2, 0.25) is 0 Å². The molecule has 0 saturated heterocycles. The fraction of sp³-hybridized carbons (Fsp3) is 0.273. The summed E-state index contributed by atoms with van der Waals surface area (Å²) in [6.45, 7) is 0. The first-order valence-electron chi connectivity index (χ1n) is 4.77. The summed E-state index contributed by atoms with van der Waals surface area (Å²) >= 11 is 5.88. The first kappa shape index (κ1) is 10.8. The standard InChI is InChI=1S/C11H9ClN2O2/c12-8-1-6-3-9(16-11(14)15)4-10(6)7(2-8)5-13/h1-2,9H,3-4H2,(H2,14,15)/t9-/m0/s1. The Bertz CT molecular complexity index is 493. The molecule has 0 aromatic heterocycles. The SMILES string of the molecule is N#Cc1cc(Cl)cc2c1C[C@@H](OC(N)=O)C2. The Kier molecular flexibility index (Phi) is 2.71. The van der Waals surface area contributed by atoms with Crippen LogP contribution in [0.25, 0.3) is 0 Å². The Morgan fingerprint density at radius 2 is 2.31 bits per heavy atom. The number of carbonyl (C=O) groups is 1. The summed E-state index contributed by atoms with van der Waals surface area (Å²) in [5, 5.41) is 9.48. The quantitative estimate of drug-likeness (QED) is 0.807. The molecule has 1 atom stereocenters. The number of benzene rings is 1. The second-order valence-electron chi connectivity index (χ2n) is 3.67. The van der Waals surface area contributed by atoms with Crippen LogP contribution in [0.4, 0.5) is 4.79 Å². The molecular formula is C11H9ClN2O2. The molecule has 82 valence electrons. The van der Waals surface area contributed by atoms with E-state index in [0.29, 0.717) is 23.4 Å². The maximum absolute atomic E-state index is 10.6. The van der Waals surface area contributed by atoms with Crippen molar-refractivity contribution in [1.82, 2.24) is 0 Å². The first-order chi connectivity index (χ1) is 7.60. The van der Waals surface area contributed by atoms with Gasteiger partial charge in [-0.3, -0.25) is 0 Å². The van der Waals surface area contributed by atoms with E-state index in [1.165, 1.54) is 0 Å². The molecule has 4 nitrogen and oxygen atoms in total. The monoisotopic (exact) mass is 236 g/mol. The molecule has 1 aromatic rings. The number of primary amides is 1. The maximum Gasteiger partial charge on any atom is 0.404 e. The normalized spacial score (nSPS) is 17.6. The van der Waals surface area contributed by atoms with Gasteiger partial charge in [-0.2, -0.15) is 5.26 Å². The van der Waals surface area contributed by atoms with Crippen molar-refractivity contribution in [2.24, 2.45) is 5.73 Å². The molecule has 1 aliphatic carbocycles. The van der Waals surface area contributed by atoms with Crippen LogP contribution in [0.1, 0.15) is 16.7 Å². The molecule has 0 aliphatic heterocycles. The lowest BCUT2D eigenvalue weighted by Crippen LogP contribution is -2.22. The van der Waals surface area contributed by atoms with Gasteiger partial charge in [-0.15, -0.1) is 0 Å². The third-order valence-electron chi connectivity index (χ3n) is 2.59. The van der Waals surface area contributed by atoms with Crippen LogP contribution in [0.5, 0.6) is 0 Å². The Hall–Kier alpha value is -1.73. The highest BCUT2D eigenvalue weighted by Gasteiger charge is 2.26. The predicted molar refractivity (Wildman–Crippen MR) is 58.0 cm³/mol. The van der Waals surface area contributed by atoms with E-state index >= 15 is 0 Å². The molecule has 0 radical (unpaired) electrons. The van der Waals surface area contributed by atoms with Gasteiger partial charge in [-0.25, -0.2) is 4.79 Å². The van der Waals surface area contributed by atoms with E-state index in [1.54, 1.807) is 12.1 Å². The summed E-state index contributed by atoms with van der Waals surface area (Å²) in [5.41, 5.74) is 7.35. The minimum atomic E-state index is -0.789. The Balaban J connectivity index is 2.30. The second kappa shape index (κ2) is 4.03. The van der Waals surface area contributed by atoms with Crippen LogP contribution in [0.15, 0.2) is 12.1 Å². The number of amides is 1. The Morgan fingerprint density at radius 1 is 1.56 bits per heavy atom. The van der Waals surface area contributed by atoms with Crippen molar-refractivity contribution in [3.8, 4) is 6.07 Å². The molecule has 5 heteroatoms. The van der Waals surface area contributed by atoms with Gasteiger partial charge in [0.1, 0.15) is 6.10 Å². The molecule has 2 rings (SSSR count). The molecule has 0 saturated carbocycles. The van der Waals surface area contributed by atoms with Crippen LogP contribution in [-0.4, -0.2) is 12.2 Å². The van der Waals surface area contributed by atoms with Crippen molar-refractivity contribution in [3.05, 3.63) is 33.8 Å². The lowest BCUT2D eigenvalue weighted by Gasteiger charge is -2.07. The van der Waals surface area contributed by atoms with E-state index in [4.69, 9.17) is 27.3 Å². The molecule has 2 N–H and O–H groups in total. The Morgan fingerprint density at radius 3 is 2.94 bits per heavy atom. The fourth-order valence-electron chi connectivity index (χ4n) is 2.01. The lowest BCUT2D eigenvalue weighted by molar-refractivity contribution is 0.112. The van der Waals surface area contributed by atoms with Gasteiger partial charge in [-0.1, -0.05) is 11.6 Å². The summed E-state index contributed by atoms with van der Waals surface area (Å²) in [7, 11) is 0. The topological polar surface area (TPSA) is 76.1 Å². The minimum absolute atomic E-state index is 0.280. The van der Waals surface area contributed by atoms with E-state index in [1.807, 2.05) is 0 Å². The van der Waals surface area contributed by atoms with E-state index in [0.717, 1.165) is 11.1 Å². The Labute approximate surface area is 97.6 Å². The largest absolute Gasteiger partial charge is 0.446 e. The average molecular weight is 237 g/mol. The van der Waals surface area contributed by atoms with Crippen LogP contribution < -0.4 is 5.73 Å². The number of fused-ring (bicyclic) bond motifs is 1. The lowest BCUT2D eigenvalue weighted by atomic mass is 10.0. The molecule has 1 amide bonds. The molecular weight excluding hydrogens is 228 g/mol. The van der Waals surface area contributed by atoms with Gasteiger partial charge in [0, 0.05) is 17.9 Å². The zero-order valence-corrected chi connectivity index (χ0v) is 9.12. The third kappa shape index (κ3) is 1.95. The van der Waals surface area contributed by atoms with Crippen molar-refractivity contribution in [3.63, 3.8) is 0 Å². The fourth-order valence-corrected chi connectivity index (χ4v) is 2.25. The molecule has 0 unspecified atom stereocenters. The third-order valence-corrected chi connectivity index (χ3v) is 2.81. The van der Waals surface area contributed by atoms with Crippen LogP contribution in [0.3, 0.4) is 0 Å². The van der Waals surface area contributed by atoms with Crippen LogP contribution >= 0.6 is 11.6 Å². The van der Waals surface area contributed by atoms with E-state index in [2.05, 4.69) is 6.07 Å². The molecule has 0 spiro atoms. The number of nitrogens with zero attached hydrogens (tertiary/aromatic N) is 1. The summed E-state index contributed by atoms with van der Waals surface area (Å²) in [6, 6.07) is 5.50. The minimum Gasteiger partial charge on any atom is -0.446 e. The maximum atomic E-state index is 10.6. The van der Waals surface area contributed by atoms with E-state index in [-0.39, 0.29) is 6.10 Å². The summed E-state index contributed by atoms with van der Waals surface area (Å²) in [6.07, 6.45) is 0.0201. The highest BCUT2D eigenvalue weighted by Crippen LogP contribution is 2.30. The molecule has 1 aromatic carbocycles. The van der Waals surface area contributed by atoms with Gasteiger partial charge in [-0.05, 0) is 23.3 Å². The van der Waals surface area contributed by atoms with E-state index in [9.17, 15) is 4.79 Å². The summed E-state index contributed by atoms with van der Waals surface area (Å²) in [5.74, 6) is 0. The number of halogens is 1. The van der Waals surface area contributed by atoms with Crippen molar-refractivity contribution < 1.29 is 9.53 Å². The van der Waals surface area contributed by atoms with Crippen LogP contribution in [0.2, 0.25) is 5.02 Å². The zero-order valence-electron chi connectivity index (χ0n) is 8.37. The molecule has 0 heterocycles. The van der Waals surface area contributed by atoms with Crippen molar-refractivity contribution in [1.29, 1.82) is 5.26 Å². The number of ether oxygens (including phenoxy) is 1. The van der Waals surface area contributed by atoms with Crippen LogP contribution in [0, 0.1) is 11.3 Å². The van der Waals surface area contributed by atoms with Gasteiger partial charge in [0.15, 0.2) is 0 Å². The number of nitrogens with two attached hydrogens (primary N) is 1. The first-order valence-corrected chi connectivity index (χ1v) is 5.15. The smallest absolute Gasteiger partial charge is 0.404 e. The summed E-state index contributed by atoms with van der Waals surface area (Å²) in [4.78, 5) is 10.6. The van der Waals surface area contributed by atoms with Gasteiger partial charge < -0.3 is 10.5 Å². The average Bonchev–Trinajstić information content (AvgIpc) is 2.57. The highest BCUT2D eigenvalue weighted by molar-refractivity contribution is 6.30. The predicted octanol–water partition coefficient (Wildman–Crippen LogP) is 1.77. The van der Waals surface area contributed by atoms with Gasteiger partial charge >= 0.3 is 6.09 Å².